The lowest BCUT2D eigenvalue weighted by molar-refractivity contribution is 0.102. The standard InChI is InChI=1S/C24H30N6O3/c1-15-16(2)25-20-4-3-17(13-19(15)20)26-23(32)21-14-22(29-7-5-18(31)6-8-29)28-24(27-21)30-9-11-33-12-10-30/h3-4,13-14,18,25,31H,5-12H2,1-2H3,(H,26,32). The summed E-state index contributed by atoms with van der Waals surface area (Å²) >= 11 is 0. The lowest BCUT2D eigenvalue weighted by Crippen LogP contribution is -2.39. The molecule has 0 atom stereocenters. The van der Waals surface area contributed by atoms with E-state index in [0.29, 0.717) is 63.9 Å². The van der Waals surface area contributed by atoms with E-state index >= 15 is 0 Å². The van der Waals surface area contributed by atoms with Gasteiger partial charge in [0.15, 0.2) is 0 Å². The smallest absolute Gasteiger partial charge is 0.274 e. The molecule has 3 N–H and O–H groups in total. The van der Waals surface area contributed by atoms with Crippen LogP contribution in [0.25, 0.3) is 10.9 Å². The fourth-order valence-corrected chi connectivity index (χ4v) is 4.43. The zero-order valence-corrected chi connectivity index (χ0v) is 19.1. The minimum Gasteiger partial charge on any atom is -0.393 e. The van der Waals surface area contributed by atoms with Gasteiger partial charge in [-0.15, -0.1) is 0 Å². The highest BCUT2D eigenvalue weighted by molar-refractivity contribution is 6.04. The molecule has 4 heterocycles. The Hall–Kier alpha value is -3.17. The van der Waals surface area contributed by atoms with Crippen LogP contribution in [-0.4, -0.2) is 71.5 Å². The average molecular weight is 451 g/mol. The monoisotopic (exact) mass is 450 g/mol. The third-order valence-corrected chi connectivity index (χ3v) is 6.58. The highest BCUT2D eigenvalue weighted by Gasteiger charge is 2.23. The molecule has 2 aliphatic heterocycles. The minimum atomic E-state index is -0.278. The molecule has 2 fully saturated rings. The van der Waals surface area contributed by atoms with Crippen LogP contribution < -0.4 is 15.1 Å². The number of ether oxygens (including phenoxy) is 1. The third kappa shape index (κ3) is 4.51. The zero-order valence-electron chi connectivity index (χ0n) is 19.1. The average Bonchev–Trinajstić information content (AvgIpc) is 3.13. The molecular formula is C24H30N6O3. The van der Waals surface area contributed by atoms with Crippen molar-refractivity contribution in [3.8, 4) is 0 Å². The number of hydrogen-bond acceptors (Lipinski definition) is 7. The van der Waals surface area contributed by atoms with E-state index in [1.807, 2.05) is 25.1 Å². The van der Waals surface area contributed by atoms with E-state index in [1.165, 1.54) is 5.56 Å². The van der Waals surface area contributed by atoms with Gasteiger partial charge < -0.3 is 29.9 Å². The largest absolute Gasteiger partial charge is 0.393 e. The van der Waals surface area contributed by atoms with E-state index in [4.69, 9.17) is 9.72 Å². The number of aryl methyl sites for hydroxylation is 2. The van der Waals surface area contributed by atoms with Crippen molar-refractivity contribution in [2.75, 3.05) is 54.5 Å². The number of carbonyl (C=O) groups is 1. The molecule has 9 nitrogen and oxygen atoms in total. The van der Waals surface area contributed by atoms with Gasteiger partial charge in [-0.3, -0.25) is 4.79 Å². The Morgan fingerprint density at radius 3 is 2.61 bits per heavy atom. The van der Waals surface area contributed by atoms with Gasteiger partial charge in [-0.1, -0.05) is 0 Å². The Morgan fingerprint density at radius 1 is 1.09 bits per heavy atom. The number of aliphatic hydroxyl groups is 1. The molecule has 0 spiro atoms. The summed E-state index contributed by atoms with van der Waals surface area (Å²) in [5, 5.41) is 14.0. The van der Waals surface area contributed by atoms with Crippen LogP contribution in [-0.2, 0) is 4.74 Å². The van der Waals surface area contributed by atoms with Crippen LogP contribution in [0, 0.1) is 13.8 Å². The molecule has 2 aliphatic rings. The van der Waals surface area contributed by atoms with Crippen LogP contribution >= 0.6 is 0 Å². The number of aromatic nitrogens is 3. The number of hydrogen-bond donors (Lipinski definition) is 3. The van der Waals surface area contributed by atoms with Gasteiger partial charge in [-0.2, -0.15) is 4.98 Å². The number of rotatable bonds is 4. The number of aliphatic hydroxyl groups excluding tert-OH is 1. The lowest BCUT2D eigenvalue weighted by atomic mass is 10.1. The normalized spacial score (nSPS) is 17.5. The Morgan fingerprint density at radius 2 is 1.85 bits per heavy atom. The van der Waals surface area contributed by atoms with Crippen molar-refractivity contribution in [1.82, 2.24) is 15.0 Å². The van der Waals surface area contributed by atoms with Crippen LogP contribution in [0.4, 0.5) is 17.5 Å². The molecule has 0 aliphatic carbocycles. The quantitative estimate of drug-likeness (QED) is 0.561. The summed E-state index contributed by atoms with van der Waals surface area (Å²) in [6.07, 6.45) is 1.10. The first-order chi connectivity index (χ1) is 16.0. The third-order valence-electron chi connectivity index (χ3n) is 6.58. The Balaban J connectivity index is 1.44. The Labute approximate surface area is 192 Å². The number of anilines is 3. The topological polar surface area (TPSA) is 107 Å². The van der Waals surface area contributed by atoms with Gasteiger partial charge >= 0.3 is 0 Å². The maximum atomic E-state index is 13.3. The summed E-state index contributed by atoms with van der Waals surface area (Å²) < 4.78 is 5.47. The molecule has 0 radical (unpaired) electrons. The van der Waals surface area contributed by atoms with E-state index < -0.39 is 0 Å². The lowest BCUT2D eigenvalue weighted by Gasteiger charge is -2.32. The molecule has 0 unspecified atom stereocenters. The first-order valence-corrected chi connectivity index (χ1v) is 11.5. The number of amides is 1. The Bertz CT molecular complexity index is 1160. The van der Waals surface area contributed by atoms with Crippen molar-refractivity contribution in [2.24, 2.45) is 0 Å². The molecule has 0 bridgehead atoms. The van der Waals surface area contributed by atoms with E-state index in [0.717, 1.165) is 28.1 Å². The number of morpholine rings is 1. The SMILES string of the molecule is Cc1[nH]c2ccc(NC(=O)c3cc(N4CCC(O)CC4)nc(N4CCOCC4)n3)cc2c1C. The van der Waals surface area contributed by atoms with Crippen LogP contribution in [0.1, 0.15) is 34.6 Å². The van der Waals surface area contributed by atoms with Crippen molar-refractivity contribution in [3.63, 3.8) is 0 Å². The second kappa shape index (κ2) is 8.99. The van der Waals surface area contributed by atoms with Crippen molar-refractivity contribution >= 4 is 34.3 Å². The van der Waals surface area contributed by atoms with Gasteiger partial charge in [0.1, 0.15) is 11.5 Å². The van der Waals surface area contributed by atoms with E-state index in [-0.39, 0.29) is 12.0 Å². The number of aromatic amines is 1. The number of fused-ring (bicyclic) bond motifs is 1. The van der Waals surface area contributed by atoms with Crippen LogP contribution in [0.5, 0.6) is 0 Å². The Kier molecular flexibility index (Phi) is 5.90. The molecule has 0 saturated carbocycles. The second-order valence-electron chi connectivity index (χ2n) is 8.82. The molecule has 3 aromatic rings. The van der Waals surface area contributed by atoms with Crippen LogP contribution in [0.2, 0.25) is 0 Å². The van der Waals surface area contributed by atoms with Crippen molar-refractivity contribution in [2.45, 2.75) is 32.8 Å². The molecule has 9 heteroatoms. The fourth-order valence-electron chi connectivity index (χ4n) is 4.43. The number of H-pyrrole nitrogens is 1. The summed E-state index contributed by atoms with van der Waals surface area (Å²) in [6.45, 7) is 8.11. The molecule has 1 amide bonds. The first-order valence-electron chi connectivity index (χ1n) is 11.5. The highest BCUT2D eigenvalue weighted by Crippen LogP contribution is 2.26. The summed E-state index contributed by atoms with van der Waals surface area (Å²) in [5.74, 6) is 0.991. The molecule has 33 heavy (non-hydrogen) atoms. The van der Waals surface area contributed by atoms with E-state index in [2.05, 4.69) is 32.0 Å². The molecule has 2 aromatic heterocycles. The number of benzene rings is 1. The maximum Gasteiger partial charge on any atom is 0.274 e. The molecule has 2 saturated heterocycles. The summed E-state index contributed by atoms with van der Waals surface area (Å²) in [5.41, 5.74) is 4.40. The zero-order chi connectivity index (χ0) is 22.9. The molecule has 1 aromatic carbocycles. The van der Waals surface area contributed by atoms with Gasteiger partial charge in [-0.25, -0.2) is 4.98 Å². The van der Waals surface area contributed by atoms with Gasteiger partial charge in [0.2, 0.25) is 5.95 Å². The van der Waals surface area contributed by atoms with E-state index in [9.17, 15) is 9.90 Å². The number of nitrogens with zero attached hydrogens (tertiary/aromatic N) is 4. The summed E-state index contributed by atoms with van der Waals surface area (Å²) in [6, 6.07) is 7.62. The predicted molar refractivity (Wildman–Crippen MR) is 128 cm³/mol. The second-order valence-corrected chi connectivity index (χ2v) is 8.82. The van der Waals surface area contributed by atoms with Crippen molar-refractivity contribution in [3.05, 3.63) is 41.2 Å². The molecule has 5 rings (SSSR count). The predicted octanol–water partition coefficient (Wildman–Crippen LogP) is 2.62. The van der Waals surface area contributed by atoms with E-state index in [1.54, 1.807) is 6.07 Å². The van der Waals surface area contributed by atoms with Crippen molar-refractivity contribution in [1.29, 1.82) is 0 Å². The molecule has 174 valence electrons. The highest BCUT2D eigenvalue weighted by atomic mass is 16.5. The van der Waals surface area contributed by atoms with Gasteiger partial charge in [0, 0.05) is 54.5 Å². The van der Waals surface area contributed by atoms with Gasteiger partial charge in [0.25, 0.3) is 5.91 Å². The fraction of sp³-hybridized carbons (Fsp3) is 0.458. The first kappa shape index (κ1) is 21.7. The summed E-state index contributed by atoms with van der Waals surface area (Å²) in [4.78, 5) is 30.2. The number of carbonyl (C=O) groups excluding carboxylic acids is 1. The van der Waals surface area contributed by atoms with Crippen molar-refractivity contribution < 1.29 is 14.6 Å². The molecular weight excluding hydrogens is 420 g/mol. The van der Waals surface area contributed by atoms with Gasteiger partial charge in [-0.05, 0) is 50.5 Å². The van der Waals surface area contributed by atoms with Crippen LogP contribution in [0.15, 0.2) is 24.3 Å². The summed E-state index contributed by atoms with van der Waals surface area (Å²) in [7, 11) is 0. The van der Waals surface area contributed by atoms with Gasteiger partial charge in [0.05, 0.1) is 19.3 Å². The minimum absolute atomic E-state index is 0.269. The number of piperidine rings is 1. The maximum absolute atomic E-state index is 13.3. The number of nitrogens with one attached hydrogen (secondary N) is 2. The van der Waals surface area contributed by atoms with Crippen LogP contribution in [0.3, 0.4) is 0 Å².